The summed E-state index contributed by atoms with van der Waals surface area (Å²) in [6.45, 7) is 4.17. The molecule has 0 heteroatoms. The maximum Gasteiger partial charge on any atom is 0.0293 e. The zero-order chi connectivity index (χ0) is 6.41. The van der Waals surface area contributed by atoms with Crippen molar-refractivity contribution >= 4 is 0 Å². The summed E-state index contributed by atoms with van der Waals surface area (Å²) in [4.78, 5) is 0. The highest BCUT2D eigenvalue weighted by Gasteiger charge is 1.79. The SMILES string of the molecule is C#CC/C(C)=C\CC. The van der Waals surface area contributed by atoms with Crippen LogP contribution in [0.1, 0.15) is 26.7 Å². The molecule has 8 heavy (non-hydrogen) atoms. The molecule has 0 saturated heterocycles. The Morgan fingerprint density at radius 3 is 2.75 bits per heavy atom. The van der Waals surface area contributed by atoms with Gasteiger partial charge in [-0.05, 0) is 13.3 Å². The molecule has 0 aromatic carbocycles. The molecule has 0 bridgehead atoms. The molecule has 0 aliphatic heterocycles. The second-order valence-electron chi connectivity index (χ2n) is 1.84. The minimum Gasteiger partial charge on any atom is -0.120 e. The van der Waals surface area contributed by atoms with Gasteiger partial charge in [-0.1, -0.05) is 18.6 Å². The van der Waals surface area contributed by atoms with Crippen molar-refractivity contribution in [2.45, 2.75) is 26.7 Å². The lowest BCUT2D eigenvalue weighted by molar-refractivity contribution is 1.14. The Kier molecular flexibility index (Phi) is 4.07. The molecular formula is C8H12. The van der Waals surface area contributed by atoms with Crippen LogP contribution in [0.3, 0.4) is 0 Å². The minimum atomic E-state index is 0.799. The molecule has 0 rings (SSSR count). The Labute approximate surface area is 51.6 Å². The highest BCUT2D eigenvalue weighted by molar-refractivity contribution is 5.06. The highest BCUT2D eigenvalue weighted by atomic mass is 13.8. The molecule has 0 aromatic rings. The Hall–Kier alpha value is -0.700. The first-order valence-corrected chi connectivity index (χ1v) is 2.90. The van der Waals surface area contributed by atoms with Gasteiger partial charge in [-0.15, -0.1) is 12.3 Å². The van der Waals surface area contributed by atoms with Gasteiger partial charge in [-0.2, -0.15) is 0 Å². The quantitative estimate of drug-likeness (QED) is 0.376. The molecule has 0 saturated carbocycles. The minimum absolute atomic E-state index is 0.799. The number of terminal acetylenes is 1. The van der Waals surface area contributed by atoms with Crippen LogP contribution in [0.5, 0.6) is 0 Å². The average molecular weight is 108 g/mol. The van der Waals surface area contributed by atoms with E-state index in [0.29, 0.717) is 0 Å². The summed E-state index contributed by atoms with van der Waals surface area (Å²) in [6.07, 6.45) is 9.11. The fourth-order valence-electron chi connectivity index (χ4n) is 0.582. The van der Waals surface area contributed by atoms with Gasteiger partial charge in [-0.3, -0.25) is 0 Å². The van der Waals surface area contributed by atoms with Crippen LogP contribution in [-0.2, 0) is 0 Å². The van der Waals surface area contributed by atoms with E-state index in [2.05, 4.69) is 25.8 Å². The van der Waals surface area contributed by atoms with Crippen LogP contribution in [0.2, 0.25) is 0 Å². The summed E-state index contributed by atoms with van der Waals surface area (Å²) in [5.41, 5.74) is 1.30. The van der Waals surface area contributed by atoms with E-state index in [9.17, 15) is 0 Å². The molecule has 0 radical (unpaired) electrons. The Morgan fingerprint density at radius 1 is 1.75 bits per heavy atom. The molecular weight excluding hydrogens is 96.1 g/mol. The van der Waals surface area contributed by atoms with Gasteiger partial charge in [0.05, 0.1) is 0 Å². The van der Waals surface area contributed by atoms with Crippen molar-refractivity contribution in [1.82, 2.24) is 0 Å². The van der Waals surface area contributed by atoms with Gasteiger partial charge in [0, 0.05) is 6.42 Å². The lowest BCUT2D eigenvalue weighted by atomic mass is 10.2. The Morgan fingerprint density at radius 2 is 2.38 bits per heavy atom. The van der Waals surface area contributed by atoms with Gasteiger partial charge in [0.1, 0.15) is 0 Å². The van der Waals surface area contributed by atoms with Gasteiger partial charge in [-0.25, -0.2) is 0 Å². The fourth-order valence-corrected chi connectivity index (χ4v) is 0.582. The fraction of sp³-hybridized carbons (Fsp3) is 0.500. The molecule has 0 N–H and O–H groups in total. The van der Waals surface area contributed by atoms with E-state index < -0.39 is 0 Å². The van der Waals surface area contributed by atoms with E-state index in [1.54, 1.807) is 0 Å². The summed E-state index contributed by atoms with van der Waals surface area (Å²) in [6, 6.07) is 0. The molecule has 0 nitrogen and oxygen atoms in total. The van der Waals surface area contributed by atoms with Crippen LogP contribution in [0.4, 0.5) is 0 Å². The molecule has 0 aliphatic carbocycles. The second kappa shape index (κ2) is 4.46. The Bertz CT molecular complexity index is 112. The second-order valence-corrected chi connectivity index (χ2v) is 1.84. The zero-order valence-corrected chi connectivity index (χ0v) is 5.57. The van der Waals surface area contributed by atoms with Gasteiger partial charge in [0.25, 0.3) is 0 Å². The first kappa shape index (κ1) is 7.30. The summed E-state index contributed by atoms with van der Waals surface area (Å²) in [5, 5.41) is 0. The average Bonchev–Trinajstić information content (AvgIpc) is 1.68. The number of hydrogen-bond acceptors (Lipinski definition) is 0. The van der Waals surface area contributed by atoms with Crippen LogP contribution >= 0.6 is 0 Å². The molecule has 0 amide bonds. The van der Waals surface area contributed by atoms with E-state index in [0.717, 1.165) is 12.8 Å². The molecule has 0 aromatic heterocycles. The van der Waals surface area contributed by atoms with Crippen LogP contribution in [-0.4, -0.2) is 0 Å². The molecule has 0 aliphatic rings. The lowest BCUT2D eigenvalue weighted by Gasteiger charge is -1.88. The van der Waals surface area contributed by atoms with E-state index in [-0.39, 0.29) is 0 Å². The number of hydrogen-bond donors (Lipinski definition) is 0. The van der Waals surface area contributed by atoms with E-state index >= 15 is 0 Å². The topological polar surface area (TPSA) is 0 Å². The van der Waals surface area contributed by atoms with Crippen LogP contribution < -0.4 is 0 Å². The van der Waals surface area contributed by atoms with Crippen molar-refractivity contribution in [2.75, 3.05) is 0 Å². The third kappa shape index (κ3) is 3.49. The Balaban J connectivity index is 3.49. The monoisotopic (exact) mass is 108 g/mol. The molecule has 0 spiro atoms. The van der Waals surface area contributed by atoms with E-state index in [1.165, 1.54) is 5.57 Å². The maximum atomic E-state index is 5.07. The third-order valence-electron chi connectivity index (χ3n) is 0.933. The van der Waals surface area contributed by atoms with Gasteiger partial charge in [0.2, 0.25) is 0 Å². The normalized spacial score (nSPS) is 10.9. The van der Waals surface area contributed by atoms with Crippen molar-refractivity contribution in [3.05, 3.63) is 11.6 Å². The predicted octanol–water partition coefficient (Wildman–Crippen LogP) is 2.37. The van der Waals surface area contributed by atoms with E-state index in [1.807, 2.05) is 0 Å². The van der Waals surface area contributed by atoms with Crippen molar-refractivity contribution in [3.63, 3.8) is 0 Å². The number of rotatable bonds is 2. The summed E-state index contributed by atoms with van der Waals surface area (Å²) >= 11 is 0. The maximum absolute atomic E-state index is 5.07. The van der Waals surface area contributed by atoms with Crippen molar-refractivity contribution in [2.24, 2.45) is 0 Å². The third-order valence-corrected chi connectivity index (χ3v) is 0.933. The zero-order valence-electron chi connectivity index (χ0n) is 5.57. The summed E-state index contributed by atoms with van der Waals surface area (Å²) in [7, 11) is 0. The smallest absolute Gasteiger partial charge is 0.0293 e. The first-order chi connectivity index (χ1) is 3.81. The van der Waals surface area contributed by atoms with Crippen molar-refractivity contribution in [1.29, 1.82) is 0 Å². The molecule has 44 valence electrons. The largest absolute Gasteiger partial charge is 0.120 e. The molecule has 0 atom stereocenters. The van der Waals surface area contributed by atoms with Crippen LogP contribution in [0, 0.1) is 12.3 Å². The van der Waals surface area contributed by atoms with Crippen LogP contribution in [0.25, 0.3) is 0 Å². The van der Waals surface area contributed by atoms with Crippen molar-refractivity contribution in [3.8, 4) is 12.3 Å². The van der Waals surface area contributed by atoms with Gasteiger partial charge in [0.15, 0.2) is 0 Å². The van der Waals surface area contributed by atoms with Gasteiger partial charge >= 0.3 is 0 Å². The summed E-state index contributed by atoms with van der Waals surface area (Å²) in [5.74, 6) is 2.58. The molecule has 0 fully saturated rings. The first-order valence-electron chi connectivity index (χ1n) is 2.90. The molecule has 0 heterocycles. The standard InChI is InChI=1S/C8H12/c1-4-6-8(3)7-5-2/h1,7H,5-6H2,2-3H3/b8-7-. The van der Waals surface area contributed by atoms with Crippen molar-refractivity contribution < 1.29 is 0 Å². The lowest BCUT2D eigenvalue weighted by Crippen LogP contribution is -1.70. The molecule has 0 unspecified atom stereocenters. The summed E-state index contributed by atoms with van der Waals surface area (Å²) < 4.78 is 0. The predicted molar refractivity (Wildman–Crippen MR) is 37.5 cm³/mol. The highest BCUT2D eigenvalue weighted by Crippen LogP contribution is 1.98. The van der Waals surface area contributed by atoms with Crippen LogP contribution in [0.15, 0.2) is 11.6 Å². The number of allylic oxidation sites excluding steroid dienone is 2. The van der Waals surface area contributed by atoms with E-state index in [4.69, 9.17) is 6.42 Å². The van der Waals surface area contributed by atoms with Gasteiger partial charge < -0.3 is 0 Å².